The molecule has 17 heavy (non-hydrogen) atoms. The third-order valence-corrected chi connectivity index (χ3v) is 2.26. The average Bonchev–Trinajstić information content (AvgIpc) is 2.13. The first-order chi connectivity index (χ1) is 7.78. The number of hydrogen-bond acceptors (Lipinski definition) is 2. The Hall–Kier alpha value is -1.16. The maximum Gasteiger partial charge on any atom is 0.331 e. The first-order valence-electron chi connectivity index (χ1n) is 5.14. The summed E-state index contributed by atoms with van der Waals surface area (Å²) >= 11 is 3.16. The van der Waals surface area contributed by atoms with E-state index >= 15 is 0 Å². The third kappa shape index (κ3) is 5.13. The summed E-state index contributed by atoms with van der Waals surface area (Å²) in [7, 11) is 0. The number of carbonyl (C=O) groups is 1. The zero-order valence-electron chi connectivity index (χ0n) is 9.96. The van der Waals surface area contributed by atoms with Gasteiger partial charge in [-0.25, -0.2) is 9.18 Å². The molecule has 0 heterocycles. The van der Waals surface area contributed by atoms with Crippen LogP contribution in [-0.4, -0.2) is 11.6 Å². The highest BCUT2D eigenvalue weighted by Gasteiger charge is 2.13. The number of hydrogen-bond donors (Lipinski definition) is 0. The third-order valence-electron chi connectivity index (χ3n) is 1.77. The molecule has 1 aromatic carbocycles. The molecule has 1 rings (SSSR count). The molecule has 0 aliphatic carbocycles. The maximum absolute atomic E-state index is 13.4. The van der Waals surface area contributed by atoms with Crippen molar-refractivity contribution in [1.82, 2.24) is 0 Å². The summed E-state index contributed by atoms with van der Waals surface area (Å²) in [5.41, 5.74) is -0.196. The molecule has 1 aromatic rings. The van der Waals surface area contributed by atoms with Gasteiger partial charge < -0.3 is 4.74 Å². The van der Waals surface area contributed by atoms with Crippen LogP contribution in [0.5, 0.6) is 0 Å². The number of halogens is 2. The maximum atomic E-state index is 13.4. The number of rotatable bonds is 2. The number of benzene rings is 1. The van der Waals surface area contributed by atoms with Crippen molar-refractivity contribution >= 4 is 28.0 Å². The van der Waals surface area contributed by atoms with Crippen LogP contribution in [0, 0.1) is 5.82 Å². The first kappa shape index (κ1) is 13.9. The van der Waals surface area contributed by atoms with E-state index in [-0.39, 0.29) is 5.82 Å². The van der Waals surface area contributed by atoms with Gasteiger partial charge in [-0.05, 0) is 39.0 Å². The summed E-state index contributed by atoms with van der Waals surface area (Å²) in [6.07, 6.45) is 2.62. The van der Waals surface area contributed by atoms with Gasteiger partial charge in [-0.1, -0.05) is 22.0 Å². The monoisotopic (exact) mass is 300 g/mol. The fourth-order valence-corrected chi connectivity index (χ4v) is 1.46. The van der Waals surface area contributed by atoms with Gasteiger partial charge in [0, 0.05) is 16.1 Å². The van der Waals surface area contributed by atoms with Crippen LogP contribution in [0.3, 0.4) is 0 Å². The zero-order valence-corrected chi connectivity index (χ0v) is 11.5. The van der Waals surface area contributed by atoms with Crippen molar-refractivity contribution in [3.63, 3.8) is 0 Å². The molecule has 0 aromatic heterocycles. The van der Waals surface area contributed by atoms with Crippen LogP contribution >= 0.6 is 15.9 Å². The zero-order chi connectivity index (χ0) is 13.1. The van der Waals surface area contributed by atoms with Crippen molar-refractivity contribution in [3.8, 4) is 0 Å². The van der Waals surface area contributed by atoms with Gasteiger partial charge in [0.15, 0.2) is 0 Å². The minimum absolute atomic E-state index is 0.346. The standard InChI is InChI=1S/C13H14BrFO2/c1-13(2,3)17-12(16)7-5-9-4-6-10(14)8-11(9)15/h4-8H,1-3H3. The molecule has 0 amide bonds. The number of ether oxygens (including phenoxy) is 1. The summed E-state index contributed by atoms with van der Waals surface area (Å²) in [4.78, 5) is 11.4. The lowest BCUT2D eigenvalue weighted by molar-refractivity contribution is -0.148. The van der Waals surface area contributed by atoms with Gasteiger partial charge in [-0.15, -0.1) is 0 Å². The molecule has 0 fully saturated rings. The average molecular weight is 301 g/mol. The Balaban J connectivity index is 2.74. The molecule has 0 unspecified atom stereocenters. The van der Waals surface area contributed by atoms with Gasteiger partial charge >= 0.3 is 5.97 Å². The topological polar surface area (TPSA) is 26.3 Å². The summed E-state index contributed by atoms with van der Waals surface area (Å²) in [6.45, 7) is 5.33. The largest absolute Gasteiger partial charge is 0.457 e. The Bertz CT molecular complexity index is 447. The van der Waals surface area contributed by atoms with E-state index in [9.17, 15) is 9.18 Å². The van der Waals surface area contributed by atoms with Gasteiger partial charge in [-0.2, -0.15) is 0 Å². The molecule has 0 aliphatic rings. The SMILES string of the molecule is CC(C)(C)OC(=O)C=Cc1ccc(Br)cc1F. The molecule has 0 atom stereocenters. The van der Waals surface area contributed by atoms with Crippen molar-refractivity contribution in [2.24, 2.45) is 0 Å². The fourth-order valence-electron chi connectivity index (χ4n) is 1.13. The van der Waals surface area contributed by atoms with E-state index in [1.807, 2.05) is 0 Å². The minimum atomic E-state index is -0.542. The van der Waals surface area contributed by atoms with E-state index < -0.39 is 11.6 Å². The summed E-state index contributed by atoms with van der Waals surface area (Å²) in [5.74, 6) is -0.876. The predicted octanol–water partition coefficient (Wildman–Crippen LogP) is 3.94. The van der Waals surface area contributed by atoms with Gasteiger partial charge in [0.1, 0.15) is 11.4 Å². The van der Waals surface area contributed by atoms with Crippen LogP contribution < -0.4 is 0 Å². The minimum Gasteiger partial charge on any atom is -0.457 e. The highest BCUT2D eigenvalue weighted by molar-refractivity contribution is 9.10. The van der Waals surface area contributed by atoms with E-state index in [1.54, 1.807) is 32.9 Å². The Labute approximate surface area is 109 Å². The van der Waals surface area contributed by atoms with Crippen LogP contribution in [0.1, 0.15) is 26.3 Å². The first-order valence-corrected chi connectivity index (χ1v) is 5.93. The van der Waals surface area contributed by atoms with Crippen LogP contribution in [0.4, 0.5) is 4.39 Å². The molecule has 0 saturated heterocycles. The summed E-state index contributed by atoms with van der Waals surface area (Å²) in [5, 5.41) is 0. The Morgan fingerprint density at radius 2 is 2.06 bits per heavy atom. The summed E-state index contributed by atoms with van der Waals surface area (Å²) < 4.78 is 19.1. The lowest BCUT2D eigenvalue weighted by atomic mass is 10.2. The lowest BCUT2D eigenvalue weighted by Crippen LogP contribution is -2.22. The molecular weight excluding hydrogens is 287 g/mol. The molecule has 92 valence electrons. The highest BCUT2D eigenvalue weighted by Crippen LogP contribution is 2.16. The van der Waals surface area contributed by atoms with Crippen LogP contribution in [0.15, 0.2) is 28.7 Å². The van der Waals surface area contributed by atoms with Crippen LogP contribution in [0.25, 0.3) is 6.08 Å². The van der Waals surface area contributed by atoms with Gasteiger partial charge in [0.2, 0.25) is 0 Å². The molecule has 0 saturated carbocycles. The van der Waals surface area contributed by atoms with Crippen molar-refractivity contribution in [3.05, 3.63) is 40.1 Å². The fraction of sp³-hybridized carbons (Fsp3) is 0.308. The Morgan fingerprint density at radius 1 is 1.41 bits per heavy atom. The second-order valence-electron chi connectivity index (χ2n) is 4.53. The van der Waals surface area contributed by atoms with Crippen molar-refractivity contribution in [2.45, 2.75) is 26.4 Å². The smallest absolute Gasteiger partial charge is 0.331 e. The normalized spacial score (nSPS) is 11.8. The number of carbonyl (C=O) groups excluding carboxylic acids is 1. The van der Waals surface area contributed by atoms with Crippen molar-refractivity contribution in [1.29, 1.82) is 0 Å². The van der Waals surface area contributed by atoms with Crippen LogP contribution in [0.2, 0.25) is 0 Å². The van der Waals surface area contributed by atoms with Gasteiger partial charge in [0.25, 0.3) is 0 Å². The predicted molar refractivity (Wildman–Crippen MR) is 69.0 cm³/mol. The molecule has 0 spiro atoms. The Morgan fingerprint density at radius 3 is 2.59 bits per heavy atom. The molecule has 4 heteroatoms. The highest BCUT2D eigenvalue weighted by atomic mass is 79.9. The van der Waals surface area contributed by atoms with Gasteiger partial charge in [0.05, 0.1) is 0 Å². The molecule has 2 nitrogen and oxygen atoms in total. The van der Waals surface area contributed by atoms with E-state index in [1.165, 1.54) is 18.2 Å². The summed E-state index contributed by atoms with van der Waals surface area (Å²) in [6, 6.07) is 4.63. The molecule has 0 radical (unpaired) electrons. The number of esters is 1. The van der Waals surface area contributed by atoms with E-state index in [4.69, 9.17) is 4.74 Å². The van der Waals surface area contributed by atoms with Crippen molar-refractivity contribution in [2.75, 3.05) is 0 Å². The lowest BCUT2D eigenvalue weighted by Gasteiger charge is -2.17. The Kier molecular flexibility index (Phi) is 4.46. The molecule has 0 aliphatic heterocycles. The van der Waals surface area contributed by atoms with E-state index in [2.05, 4.69) is 15.9 Å². The van der Waals surface area contributed by atoms with Gasteiger partial charge in [-0.3, -0.25) is 0 Å². The van der Waals surface area contributed by atoms with E-state index in [0.29, 0.717) is 10.0 Å². The molecule has 0 bridgehead atoms. The van der Waals surface area contributed by atoms with E-state index in [0.717, 1.165) is 0 Å². The molecular formula is C13H14BrFO2. The van der Waals surface area contributed by atoms with Crippen LogP contribution in [-0.2, 0) is 9.53 Å². The molecule has 0 N–H and O–H groups in total. The second-order valence-corrected chi connectivity index (χ2v) is 5.45. The van der Waals surface area contributed by atoms with Crippen molar-refractivity contribution < 1.29 is 13.9 Å². The second kappa shape index (κ2) is 5.45. The quantitative estimate of drug-likeness (QED) is 0.611.